The third-order valence-electron chi connectivity index (χ3n) is 4.86. The van der Waals surface area contributed by atoms with E-state index in [1.165, 1.54) is 0 Å². The average Bonchev–Trinajstić information content (AvgIpc) is 3.22. The van der Waals surface area contributed by atoms with Crippen LogP contribution in [-0.2, 0) is 11.2 Å². The number of carboxylic acid groups (broad SMARTS) is 1. The first-order valence-corrected chi connectivity index (χ1v) is 10.1. The Balaban J connectivity index is 0.00000272. The Morgan fingerprint density at radius 1 is 0.871 bits per heavy atom. The largest absolute Gasteiger partial charge is 1.00 e. The molecule has 4 aromatic rings. The Bertz CT molecular complexity index is 1260. The van der Waals surface area contributed by atoms with E-state index in [0.717, 1.165) is 22.9 Å². The fourth-order valence-corrected chi connectivity index (χ4v) is 3.83. The maximum atomic E-state index is 13.4. The van der Waals surface area contributed by atoms with E-state index in [1.807, 2.05) is 49.4 Å². The molecule has 0 unspecified atom stereocenters. The van der Waals surface area contributed by atoms with Crippen LogP contribution >= 0.6 is 11.7 Å². The zero-order chi connectivity index (χ0) is 21.1. The summed E-state index contributed by atoms with van der Waals surface area (Å²) in [5.74, 6) is -1.74. The Labute approximate surface area is 206 Å². The number of carboxylic acids is 1. The maximum Gasteiger partial charge on any atom is 1.00 e. The summed E-state index contributed by atoms with van der Waals surface area (Å²) in [4.78, 5) is 25.7. The van der Waals surface area contributed by atoms with Gasteiger partial charge in [0, 0.05) is 23.1 Å². The molecule has 0 bridgehead atoms. The van der Waals surface area contributed by atoms with Crippen LogP contribution in [0.3, 0.4) is 0 Å². The molecule has 0 saturated heterocycles. The van der Waals surface area contributed by atoms with Gasteiger partial charge in [0.1, 0.15) is 11.0 Å². The topological polar surface area (TPSA) is 83.0 Å². The van der Waals surface area contributed by atoms with Crippen molar-refractivity contribution in [3.05, 3.63) is 101 Å². The Hall–Kier alpha value is -2.64. The molecule has 0 saturated carbocycles. The minimum absolute atomic E-state index is 0. The molecule has 0 radical (unpaired) electrons. The van der Waals surface area contributed by atoms with Crippen LogP contribution < -0.4 is 34.7 Å². The number of aryl methyl sites for hydroxylation is 1. The van der Waals surface area contributed by atoms with E-state index in [1.54, 1.807) is 30.3 Å². The summed E-state index contributed by atoms with van der Waals surface area (Å²) in [5, 5.41) is 12.2. The second-order valence-corrected chi connectivity index (χ2v) is 7.49. The van der Waals surface area contributed by atoms with Gasteiger partial charge < -0.3 is 9.90 Å². The van der Waals surface area contributed by atoms with E-state index in [4.69, 9.17) is 0 Å². The van der Waals surface area contributed by atoms with Gasteiger partial charge in [-0.25, -0.2) is 0 Å². The number of rotatable bonds is 6. The molecular weight excluding hydrogens is 419 g/mol. The molecule has 1 heterocycles. The molecule has 4 rings (SSSR count). The van der Waals surface area contributed by atoms with Gasteiger partial charge in [-0.1, -0.05) is 66.2 Å². The molecule has 0 aliphatic heterocycles. The first kappa shape index (κ1) is 23.0. The number of ketones is 1. The molecule has 5 nitrogen and oxygen atoms in total. The summed E-state index contributed by atoms with van der Waals surface area (Å²) in [6, 6.07) is 21.4. The number of benzene rings is 3. The standard InChI is InChI=1S/C24H18N2O3S.Na/c1-15-7-9-17(10-8-15)23(27)19(13-16-5-3-2-4-6-16)22(24(28)29)18-11-12-20-21(14-18)26-30-25-20;/h2-12,14H,13H2,1H3,(H,28,29);/q;+1/p-1. The van der Waals surface area contributed by atoms with Gasteiger partial charge in [-0.2, -0.15) is 8.75 Å². The zero-order valence-corrected chi connectivity index (χ0v) is 20.0. The van der Waals surface area contributed by atoms with E-state index in [0.29, 0.717) is 22.2 Å². The van der Waals surface area contributed by atoms with Gasteiger partial charge in [0.15, 0.2) is 5.78 Å². The second kappa shape index (κ2) is 10.1. The number of carbonyl (C=O) groups excluding carboxylic acids is 2. The third-order valence-corrected chi connectivity index (χ3v) is 5.42. The second-order valence-electron chi connectivity index (χ2n) is 6.97. The number of carbonyl (C=O) groups is 2. The summed E-state index contributed by atoms with van der Waals surface area (Å²) in [6.07, 6.45) is 0.171. The molecule has 3 aromatic carbocycles. The number of hydrogen-bond donors (Lipinski definition) is 0. The van der Waals surface area contributed by atoms with Crippen molar-refractivity contribution in [3.8, 4) is 0 Å². The molecule has 7 heteroatoms. The van der Waals surface area contributed by atoms with E-state index in [-0.39, 0.29) is 52.9 Å². The van der Waals surface area contributed by atoms with Crippen molar-refractivity contribution in [1.29, 1.82) is 0 Å². The molecule has 0 N–H and O–H groups in total. The zero-order valence-electron chi connectivity index (χ0n) is 17.2. The summed E-state index contributed by atoms with van der Waals surface area (Å²) >= 11 is 1.05. The van der Waals surface area contributed by atoms with E-state index in [9.17, 15) is 14.7 Å². The molecule has 0 aliphatic rings. The molecule has 148 valence electrons. The van der Waals surface area contributed by atoms with Crippen molar-refractivity contribution in [2.24, 2.45) is 0 Å². The smallest absolute Gasteiger partial charge is 0.545 e. The molecule has 0 spiro atoms. The monoisotopic (exact) mass is 436 g/mol. The van der Waals surface area contributed by atoms with Gasteiger partial charge in [-0.15, -0.1) is 0 Å². The predicted molar refractivity (Wildman–Crippen MR) is 115 cm³/mol. The van der Waals surface area contributed by atoms with Crippen LogP contribution in [0.15, 0.2) is 78.4 Å². The van der Waals surface area contributed by atoms with Gasteiger partial charge in [-0.05, 0) is 30.2 Å². The number of fused-ring (bicyclic) bond motifs is 1. The Morgan fingerprint density at radius 2 is 1.52 bits per heavy atom. The van der Waals surface area contributed by atoms with Gasteiger partial charge in [0.2, 0.25) is 0 Å². The van der Waals surface area contributed by atoms with Crippen LogP contribution in [0.4, 0.5) is 0 Å². The van der Waals surface area contributed by atoms with E-state index >= 15 is 0 Å². The van der Waals surface area contributed by atoms with Gasteiger partial charge >= 0.3 is 29.6 Å². The van der Waals surface area contributed by atoms with Crippen LogP contribution in [0, 0.1) is 6.92 Å². The van der Waals surface area contributed by atoms with Gasteiger partial charge in [-0.3, -0.25) is 4.79 Å². The maximum absolute atomic E-state index is 13.4. The van der Waals surface area contributed by atoms with Crippen LogP contribution in [-0.4, -0.2) is 20.5 Å². The molecule has 31 heavy (non-hydrogen) atoms. The number of aromatic nitrogens is 2. The Kier molecular flexibility index (Phi) is 7.51. The summed E-state index contributed by atoms with van der Waals surface area (Å²) in [5.41, 5.74) is 3.97. The van der Waals surface area contributed by atoms with E-state index in [2.05, 4.69) is 8.75 Å². The average molecular weight is 436 g/mol. The molecule has 1 aromatic heterocycles. The summed E-state index contributed by atoms with van der Waals surface area (Å²) in [7, 11) is 0. The minimum Gasteiger partial charge on any atom is -0.545 e. The summed E-state index contributed by atoms with van der Waals surface area (Å²) in [6.45, 7) is 1.93. The third kappa shape index (κ3) is 5.17. The molecule has 0 amide bonds. The molecular formula is C24H17N2NaO3S. The van der Waals surface area contributed by atoms with Crippen molar-refractivity contribution in [1.82, 2.24) is 8.75 Å². The van der Waals surface area contributed by atoms with Gasteiger partial charge in [0.05, 0.1) is 17.7 Å². The van der Waals surface area contributed by atoms with Crippen LogP contribution in [0.1, 0.15) is 27.0 Å². The van der Waals surface area contributed by atoms with Crippen LogP contribution in [0.2, 0.25) is 0 Å². The normalized spacial score (nSPS) is 11.5. The van der Waals surface area contributed by atoms with Crippen LogP contribution in [0.5, 0.6) is 0 Å². The first-order chi connectivity index (χ1) is 14.5. The molecule has 0 atom stereocenters. The van der Waals surface area contributed by atoms with Crippen LogP contribution in [0.25, 0.3) is 16.6 Å². The predicted octanol–water partition coefficient (Wildman–Crippen LogP) is 0.633. The number of Topliss-reactive ketones (excluding diaryl/α,β-unsaturated/α-hetero) is 1. The van der Waals surface area contributed by atoms with Crippen molar-refractivity contribution >= 4 is 40.1 Å². The number of allylic oxidation sites excluding steroid dienone is 1. The number of aliphatic carboxylic acids is 1. The van der Waals surface area contributed by atoms with Gasteiger partial charge in [0.25, 0.3) is 0 Å². The van der Waals surface area contributed by atoms with Crippen molar-refractivity contribution in [2.45, 2.75) is 13.3 Å². The number of hydrogen-bond acceptors (Lipinski definition) is 6. The van der Waals surface area contributed by atoms with Crippen molar-refractivity contribution < 1.29 is 44.3 Å². The first-order valence-electron chi connectivity index (χ1n) is 9.35. The Morgan fingerprint density at radius 3 is 2.19 bits per heavy atom. The number of nitrogens with zero attached hydrogens (tertiary/aromatic N) is 2. The molecule has 0 fully saturated rings. The quantitative estimate of drug-likeness (QED) is 0.252. The minimum atomic E-state index is -1.40. The SMILES string of the molecule is Cc1ccc(C(=O)C(Cc2ccccc2)=C(C(=O)[O-])c2ccc3nsnc3c2)cc1.[Na+]. The van der Waals surface area contributed by atoms with E-state index < -0.39 is 5.97 Å². The fraction of sp³-hybridized carbons (Fsp3) is 0.0833. The fourth-order valence-electron chi connectivity index (χ4n) is 3.31. The summed E-state index contributed by atoms with van der Waals surface area (Å²) < 4.78 is 8.34. The van der Waals surface area contributed by atoms with Crippen molar-refractivity contribution in [3.63, 3.8) is 0 Å². The van der Waals surface area contributed by atoms with Crippen molar-refractivity contribution in [2.75, 3.05) is 0 Å². The molecule has 0 aliphatic carbocycles.